The van der Waals surface area contributed by atoms with Gasteiger partial charge in [0, 0.05) is 6.61 Å². The molecule has 2 atom stereocenters. The Hall–Kier alpha value is -2.40. The Bertz CT molecular complexity index is 778. The molecule has 0 heterocycles. The highest BCUT2D eigenvalue weighted by molar-refractivity contribution is 5.93. The first-order chi connectivity index (χ1) is 16.0. The molecule has 0 saturated carbocycles. The molecule has 0 bridgehead atoms. The van der Waals surface area contributed by atoms with Crippen molar-refractivity contribution in [3.8, 4) is 5.75 Å². The van der Waals surface area contributed by atoms with Crippen molar-refractivity contribution in [1.29, 1.82) is 0 Å². The molecule has 0 fully saturated rings. The number of ether oxygens (including phenoxy) is 3. The molecule has 2 unspecified atom stereocenters. The van der Waals surface area contributed by atoms with Crippen molar-refractivity contribution < 1.29 is 23.8 Å². The molecule has 0 aromatic heterocycles. The van der Waals surface area contributed by atoms with Gasteiger partial charge in [0.2, 0.25) is 0 Å². The molecule has 2 rings (SSSR count). The fraction of sp³-hybridized carbons (Fsp3) is 0.571. The summed E-state index contributed by atoms with van der Waals surface area (Å²) in [7, 11) is 0. The Morgan fingerprint density at radius 2 is 1.64 bits per heavy atom. The molecule has 5 heteroatoms. The van der Waals surface area contributed by atoms with Gasteiger partial charge < -0.3 is 14.2 Å². The van der Waals surface area contributed by atoms with Gasteiger partial charge in [-0.2, -0.15) is 0 Å². The lowest BCUT2D eigenvalue weighted by Gasteiger charge is -2.16. The molecule has 0 radical (unpaired) electrons. The first kappa shape index (κ1) is 26.8. The fourth-order valence-corrected chi connectivity index (χ4v) is 3.63. The quantitative estimate of drug-likeness (QED) is 0.162. The highest BCUT2D eigenvalue weighted by atomic mass is 16.5. The van der Waals surface area contributed by atoms with Crippen LogP contribution in [0.5, 0.6) is 5.75 Å². The maximum Gasteiger partial charge on any atom is 0.343 e. The maximum absolute atomic E-state index is 12.4. The summed E-state index contributed by atoms with van der Waals surface area (Å²) in [5.74, 6) is -0.369. The Labute approximate surface area is 199 Å². The molecule has 1 aliphatic carbocycles. The van der Waals surface area contributed by atoms with Gasteiger partial charge in [-0.15, -0.1) is 0 Å². The van der Waals surface area contributed by atoms with E-state index in [4.69, 9.17) is 14.2 Å². The number of benzene rings is 1. The first-order valence-corrected chi connectivity index (χ1v) is 12.6. The van der Waals surface area contributed by atoms with Crippen LogP contribution < -0.4 is 4.74 Å². The third-order valence-electron chi connectivity index (χ3n) is 5.70. The number of carbonyl (C=O) groups is 2. The third kappa shape index (κ3) is 10.4. The van der Waals surface area contributed by atoms with Crippen LogP contribution in [0.2, 0.25) is 0 Å². The second-order valence-corrected chi connectivity index (χ2v) is 8.70. The zero-order chi connectivity index (χ0) is 23.9. The minimum absolute atomic E-state index is 0.0162. The van der Waals surface area contributed by atoms with Crippen molar-refractivity contribution in [3.63, 3.8) is 0 Å². The summed E-state index contributed by atoms with van der Waals surface area (Å²) in [6.07, 6.45) is 16.3. The summed E-state index contributed by atoms with van der Waals surface area (Å²) < 4.78 is 16.8. The van der Waals surface area contributed by atoms with Crippen molar-refractivity contribution in [2.24, 2.45) is 0 Å². The minimum Gasteiger partial charge on any atom is -0.459 e. The van der Waals surface area contributed by atoms with Gasteiger partial charge in [-0.05, 0) is 62.9 Å². The SMILES string of the molecule is CCCCCCOC1C=CC(C(=O)Oc2ccc(C(=O)OC(C)CCCCCC)cc2)=CC1. The van der Waals surface area contributed by atoms with Gasteiger partial charge in [0.25, 0.3) is 0 Å². The lowest BCUT2D eigenvalue weighted by Crippen LogP contribution is -2.17. The number of unbranched alkanes of at least 4 members (excludes halogenated alkanes) is 6. The van der Waals surface area contributed by atoms with Gasteiger partial charge in [-0.1, -0.05) is 64.5 Å². The number of hydrogen-bond donors (Lipinski definition) is 0. The number of esters is 2. The zero-order valence-electron chi connectivity index (χ0n) is 20.5. The van der Waals surface area contributed by atoms with E-state index < -0.39 is 5.97 Å². The average Bonchev–Trinajstić information content (AvgIpc) is 2.82. The molecule has 1 aromatic rings. The van der Waals surface area contributed by atoms with Crippen LogP contribution in [-0.4, -0.2) is 30.8 Å². The average molecular weight is 457 g/mol. The van der Waals surface area contributed by atoms with Crippen LogP contribution in [0, 0.1) is 0 Å². The molecule has 182 valence electrons. The smallest absolute Gasteiger partial charge is 0.343 e. The molecule has 0 N–H and O–H groups in total. The normalized spacial score (nSPS) is 16.2. The summed E-state index contributed by atoms with van der Waals surface area (Å²) in [6, 6.07) is 6.50. The molecule has 0 aliphatic heterocycles. The summed E-state index contributed by atoms with van der Waals surface area (Å²) in [4.78, 5) is 24.8. The Morgan fingerprint density at radius 3 is 2.27 bits per heavy atom. The van der Waals surface area contributed by atoms with Crippen molar-refractivity contribution in [3.05, 3.63) is 53.6 Å². The predicted octanol–water partition coefficient (Wildman–Crippen LogP) is 6.96. The number of rotatable bonds is 15. The van der Waals surface area contributed by atoms with Crippen LogP contribution in [0.3, 0.4) is 0 Å². The van der Waals surface area contributed by atoms with Crippen LogP contribution in [-0.2, 0) is 14.3 Å². The number of carbonyl (C=O) groups excluding carboxylic acids is 2. The van der Waals surface area contributed by atoms with Crippen molar-refractivity contribution in [1.82, 2.24) is 0 Å². The monoisotopic (exact) mass is 456 g/mol. The molecule has 1 aliphatic rings. The maximum atomic E-state index is 12.4. The van der Waals surface area contributed by atoms with E-state index in [-0.39, 0.29) is 18.2 Å². The molecule has 33 heavy (non-hydrogen) atoms. The first-order valence-electron chi connectivity index (χ1n) is 12.6. The summed E-state index contributed by atoms with van der Waals surface area (Å²) >= 11 is 0. The largest absolute Gasteiger partial charge is 0.459 e. The van der Waals surface area contributed by atoms with E-state index in [1.54, 1.807) is 30.3 Å². The van der Waals surface area contributed by atoms with Crippen LogP contribution >= 0.6 is 0 Å². The van der Waals surface area contributed by atoms with E-state index in [0.29, 0.717) is 23.3 Å². The van der Waals surface area contributed by atoms with E-state index >= 15 is 0 Å². The molecule has 5 nitrogen and oxygen atoms in total. The Kier molecular flexibility index (Phi) is 12.6. The summed E-state index contributed by atoms with van der Waals surface area (Å²) in [6.45, 7) is 7.04. The van der Waals surface area contributed by atoms with Crippen LogP contribution in [0.15, 0.2) is 48.1 Å². The molecule has 0 amide bonds. The standard InChI is InChI=1S/C28H40O5/c1-4-6-8-10-12-22(3)32-27(29)23-15-19-26(20-16-23)33-28(30)24-13-17-25(18-14-24)31-21-11-9-7-5-2/h13-17,19-20,22,25H,4-12,18,21H2,1-3H3. The van der Waals surface area contributed by atoms with Gasteiger partial charge in [0.1, 0.15) is 5.75 Å². The second-order valence-electron chi connectivity index (χ2n) is 8.70. The van der Waals surface area contributed by atoms with E-state index in [2.05, 4.69) is 13.8 Å². The molecular weight excluding hydrogens is 416 g/mol. The van der Waals surface area contributed by atoms with E-state index in [0.717, 1.165) is 32.3 Å². The van der Waals surface area contributed by atoms with Crippen molar-refractivity contribution >= 4 is 11.9 Å². The van der Waals surface area contributed by atoms with Gasteiger partial charge >= 0.3 is 11.9 Å². The van der Waals surface area contributed by atoms with Gasteiger partial charge in [-0.3, -0.25) is 0 Å². The molecular formula is C28H40O5. The topological polar surface area (TPSA) is 61.8 Å². The van der Waals surface area contributed by atoms with Gasteiger partial charge in [0.05, 0.1) is 23.3 Å². The Morgan fingerprint density at radius 1 is 0.939 bits per heavy atom. The highest BCUT2D eigenvalue weighted by Gasteiger charge is 2.17. The predicted molar refractivity (Wildman–Crippen MR) is 131 cm³/mol. The lowest BCUT2D eigenvalue weighted by molar-refractivity contribution is -0.129. The summed E-state index contributed by atoms with van der Waals surface area (Å²) in [5, 5.41) is 0. The van der Waals surface area contributed by atoms with E-state index in [1.165, 1.54) is 32.1 Å². The number of hydrogen-bond acceptors (Lipinski definition) is 5. The highest BCUT2D eigenvalue weighted by Crippen LogP contribution is 2.19. The zero-order valence-corrected chi connectivity index (χ0v) is 20.5. The van der Waals surface area contributed by atoms with Crippen molar-refractivity contribution in [2.45, 2.75) is 97.2 Å². The molecule has 0 saturated heterocycles. The van der Waals surface area contributed by atoms with Gasteiger partial charge in [0.15, 0.2) is 0 Å². The van der Waals surface area contributed by atoms with Crippen LogP contribution in [0.1, 0.15) is 95.3 Å². The summed E-state index contributed by atoms with van der Waals surface area (Å²) in [5.41, 5.74) is 0.965. The van der Waals surface area contributed by atoms with E-state index in [1.807, 2.05) is 19.1 Å². The van der Waals surface area contributed by atoms with Gasteiger partial charge in [-0.25, -0.2) is 9.59 Å². The second kappa shape index (κ2) is 15.4. The van der Waals surface area contributed by atoms with E-state index in [9.17, 15) is 9.59 Å². The minimum atomic E-state index is -0.413. The molecule has 1 aromatic carbocycles. The Balaban J connectivity index is 1.74. The molecule has 0 spiro atoms. The fourth-order valence-electron chi connectivity index (χ4n) is 3.63. The van der Waals surface area contributed by atoms with Crippen LogP contribution in [0.4, 0.5) is 0 Å². The lowest BCUT2D eigenvalue weighted by atomic mass is 10.1. The van der Waals surface area contributed by atoms with Crippen molar-refractivity contribution in [2.75, 3.05) is 6.61 Å². The third-order valence-corrected chi connectivity index (χ3v) is 5.70. The van der Waals surface area contributed by atoms with Crippen LogP contribution in [0.25, 0.3) is 0 Å².